The summed E-state index contributed by atoms with van der Waals surface area (Å²) in [5.41, 5.74) is 0.291. The maximum atomic E-state index is 13.0. The number of hydrogen-bond acceptors (Lipinski definition) is 16. The van der Waals surface area contributed by atoms with E-state index in [1.165, 1.54) is 33.9 Å². The van der Waals surface area contributed by atoms with Crippen LogP contribution in [-0.2, 0) is 67.5 Å². The van der Waals surface area contributed by atoms with Crippen molar-refractivity contribution in [1.82, 2.24) is 10.0 Å². The Balaban J connectivity index is 1.98. The molecule has 1 aromatic rings. The van der Waals surface area contributed by atoms with Crippen molar-refractivity contribution in [3.05, 3.63) is 11.6 Å². The Morgan fingerprint density at radius 2 is 1.31 bits per heavy atom. The van der Waals surface area contributed by atoms with Gasteiger partial charge in [0.2, 0.25) is 0 Å². The summed E-state index contributed by atoms with van der Waals surface area (Å²) in [5.74, 6) is -5.56. The summed E-state index contributed by atoms with van der Waals surface area (Å²) in [5, 5.41) is 2.38. The number of carbonyl (C=O) groups is 5. The van der Waals surface area contributed by atoms with Crippen LogP contribution in [0.15, 0.2) is 14.5 Å². The summed E-state index contributed by atoms with van der Waals surface area (Å²) < 4.78 is 77.3. The fourth-order valence-electron chi connectivity index (χ4n) is 3.81. The van der Waals surface area contributed by atoms with Crippen molar-refractivity contribution in [2.75, 3.05) is 13.7 Å². The van der Waals surface area contributed by atoms with E-state index in [1.807, 2.05) is 6.92 Å². The lowest BCUT2D eigenvalue weighted by atomic mass is 10.1. The molecule has 1 amide bonds. The molecule has 254 valence electrons. The zero-order chi connectivity index (χ0) is 34.4. The molecule has 7 atom stereocenters. The van der Waals surface area contributed by atoms with Crippen LogP contribution in [-0.4, -0.2) is 96.0 Å². The Morgan fingerprint density at radius 3 is 1.76 bits per heavy atom. The van der Waals surface area contributed by atoms with E-state index in [4.69, 9.17) is 23.7 Å². The molecule has 5 unspecified atom stereocenters. The number of ether oxygens (including phenoxy) is 5. The first kappa shape index (κ1) is 38.1. The summed E-state index contributed by atoms with van der Waals surface area (Å²) >= 11 is 0.513. The van der Waals surface area contributed by atoms with Gasteiger partial charge < -0.3 is 29.0 Å². The van der Waals surface area contributed by atoms with Gasteiger partial charge in [0, 0.05) is 18.7 Å². The molecule has 2 heterocycles. The third-order valence-corrected chi connectivity index (χ3v) is 12.3. The molecule has 0 bridgehead atoms. The highest BCUT2D eigenvalue weighted by Crippen LogP contribution is 2.42. The summed E-state index contributed by atoms with van der Waals surface area (Å²) in [6, 6.07) is 0.795. The van der Waals surface area contributed by atoms with Crippen molar-refractivity contribution in [2.45, 2.75) is 105 Å². The van der Waals surface area contributed by atoms with Crippen LogP contribution >= 0.6 is 11.3 Å². The molecular formula is C26H38N2O14S3. The average molecular weight is 699 g/mol. The standard InChI is InChI=1S/C26H38N2O14S3/c1-9-27-19-10-12(2)44(34,35)26-18(19)11-20(43-26)45(36,37)28-21(29)13(3)39-23(31)15(5)41-25(33)17(7)42-24(32)16(6)40-22(30)14(4)38-8/h11-17,19,27H,9-10H2,1-8H3,(H,28,29)/t12-,13?,14?,15?,16?,17?,19-/m0/s1. The van der Waals surface area contributed by atoms with E-state index in [1.54, 1.807) is 4.72 Å². The third-order valence-electron chi connectivity index (χ3n) is 6.61. The molecule has 0 spiro atoms. The second-order valence-electron chi connectivity index (χ2n) is 10.2. The molecule has 19 heteroatoms. The predicted molar refractivity (Wildman–Crippen MR) is 156 cm³/mol. The Morgan fingerprint density at radius 1 is 0.867 bits per heavy atom. The maximum absolute atomic E-state index is 13.0. The number of sulfonamides is 1. The number of carbonyl (C=O) groups excluding carboxylic acids is 5. The lowest BCUT2D eigenvalue weighted by molar-refractivity contribution is -0.184. The lowest BCUT2D eigenvalue weighted by Crippen LogP contribution is -2.41. The van der Waals surface area contributed by atoms with Crippen LogP contribution in [0.2, 0.25) is 0 Å². The maximum Gasteiger partial charge on any atom is 0.347 e. The number of amides is 1. The predicted octanol–water partition coefficient (Wildman–Crippen LogP) is 0.531. The molecule has 1 aromatic heterocycles. The van der Waals surface area contributed by atoms with Crippen molar-refractivity contribution in [3.63, 3.8) is 0 Å². The summed E-state index contributed by atoms with van der Waals surface area (Å²) in [7, 11) is -7.07. The van der Waals surface area contributed by atoms with Gasteiger partial charge in [-0.15, -0.1) is 11.3 Å². The molecule has 0 aliphatic carbocycles. The van der Waals surface area contributed by atoms with Crippen molar-refractivity contribution in [3.8, 4) is 0 Å². The Hall–Kier alpha value is -3.13. The van der Waals surface area contributed by atoms with E-state index in [0.717, 1.165) is 20.8 Å². The van der Waals surface area contributed by atoms with E-state index < -0.39 is 95.7 Å². The topological polar surface area (TPSA) is 224 Å². The first-order valence-electron chi connectivity index (χ1n) is 13.8. The van der Waals surface area contributed by atoms with E-state index in [9.17, 15) is 40.8 Å². The minimum Gasteiger partial charge on any atom is -0.450 e. The molecule has 1 aliphatic heterocycles. The molecule has 2 rings (SSSR count). The van der Waals surface area contributed by atoms with Crippen LogP contribution in [0.25, 0.3) is 0 Å². The SMILES string of the molecule is CCN[C@H]1C[C@H](C)S(=O)(=O)c2sc(S(=O)(=O)NC(=O)C(C)OC(=O)C(C)OC(=O)C(C)OC(=O)C(C)OC(=O)C(C)OC)cc21. The molecule has 16 nitrogen and oxygen atoms in total. The number of hydrogen-bond donors (Lipinski definition) is 2. The van der Waals surface area contributed by atoms with Crippen LogP contribution in [0.4, 0.5) is 0 Å². The van der Waals surface area contributed by atoms with Gasteiger partial charge in [0.1, 0.15) is 8.42 Å². The average Bonchev–Trinajstić information content (AvgIpc) is 3.43. The van der Waals surface area contributed by atoms with Crippen molar-refractivity contribution >= 4 is 61.0 Å². The quantitative estimate of drug-likeness (QED) is 0.200. The van der Waals surface area contributed by atoms with Gasteiger partial charge in [0.25, 0.3) is 15.9 Å². The highest BCUT2D eigenvalue weighted by molar-refractivity contribution is 7.95. The van der Waals surface area contributed by atoms with Crippen molar-refractivity contribution < 1.29 is 64.5 Å². The second-order valence-corrected chi connectivity index (χ2v) is 15.7. The summed E-state index contributed by atoms with van der Waals surface area (Å²) in [4.78, 5) is 61.3. The van der Waals surface area contributed by atoms with Crippen LogP contribution in [0.5, 0.6) is 0 Å². The van der Waals surface area contributed by atoms with Gasteiger partial charge >= 0.3 is 23.9 Å². The molecular weight excluding hydrogens is 660 g/mol. The number of sulfone groups is 1. The summed E-state index contributed by atoms with van der Waals surface area (Å²) in [6.45, 7) is 9.79. The van der Waals surface area contributed by atoms with E-state index in [0.29, 0.717) is 23.4 Å². The number of nitrogens with one attached hydrogen (secondary N) is 2. The highest BCUT2D eigenvalue weighted by Gasteiger charge is 2.40. The Labute approximate surface area is 265 Å². The number of esters is 4. The minimum atomic E-state index is -4.56. The van der Waals surface area contributed by atoms with E-state index in [2.05, 4.69) is 5.32 Å². The zero-order valence-corrected chi connectivity index (χ0v) is 28.4. The smallest absolute Gasteiger partial charge is 0.347 e. The monoisotopic (exact) mass is 698 g/mol. The second kappa shape index (κ2) is 15.4. The van der Waals surface area contributed by atoms with Crippen LogP contribution in [0, 0.1) is 0 Å². The molecule has 2 N–H and O–H groups in total. The molecule has 0 saturated heterocycles. The molecule has 1 aliphatic rings. The molecule has 0 fully saturated rings. The van der Waals surface area contributed by atoms with Gasteiger partial charge in [-0.05, 0) is 60.6 Å². The molecule has 0 aromatic carbocycles. The van der Waals surface area contributed by atoms with Gasteiger partial charge in [-0.25, -0.2) is 40.7 Å². The van der Waals surface area contributed by atoms with E-state index >= 15 is 0 Å². The molecule has 45 heavy (non-hydrogen) atoms. The third kappa shape index (κ3) is 9.44. The van der Waals surface area contributed by atoms with Gasteiger partial charge in [-0.1, -0.05) is 6.92 Å². The van der Waals surface area contributed by atoms with Gasteiger partial charge in [-0.3, -0.25) is 4.79 Å². The normalized spacial score (nSPS) is 20.7. The minimum absolute atomic E-state index is 0.105. The molecule has 0 radical (unpaired) electrons. The van der Waals surface area contributed by atoms with Crippen molar-refractivity contribution in [1.29, 1.82) is 0 Å². The first-order valence-corrected chi connectivity index (χ1v) is 17.6. The largest absolute Gasteiger partial charge is 0.450 e. The van der Waals surface area contributed by atoms with Gasteiger partial charge in [0.15, 0.2) is 40.4 Å². The van der Waals surface area contributed by atoms with Crippen LogP contribution in [0.1, 0.15) is 66.5 Å². The highest BCUT2D eigenvalue weighted by atomic mass is 32.3. The fourth-order valence-corrected chi connectivity index (χ4v) is 8.85. The Kier molecular flexibility index (Phi) is 13.1. The lowest BCUT2D eigenvalue weighted by Gasteiger charge is -2.27. The zero-order valence-electron chi connectivity index (χ0n) is 26.0. The Bertz CT molecular complexity index is 1500. The van der Waals surface area contributed by atoms with E-state index in [-0.39, 0.29) is 10.6 Å². The number of thiophene rings is 1. The number of rotatable bonds is 14. The fraction of sp³-hybridized carbons (Fsp3) is 0.654. The first-order chi connectivity index (χ1) is 20.8. The van der Waals surface area contributed by atoms with Crippen LogP contribution < -0.4 is 10.0 Å². The van der Waals surface area contributed by atoms with Crippen molar-refractivity contribution in [2.24, 2.45) is 0 Å². The number of methoxy groups -OCH3 is 1. The van der Waals surface area contributed by atoms with Crippen LogP contribution in [0.3, 0.4) is 0 Å². The van der Waals surface area contributed by atoms with Gasteiger partial charge in [0.05, 0.1) is 5.25 Å². The number of fused-ring (bicyclic) bond motifs is 1. The van der Waals surface area contributed by atoms with Gasteiger partial charge in [-0.2, -0.15) is 0 Å². The summed E-state index contributed by atoms with van der Waals surface area (Å²) in [6.07, 6.45) is -6.91. The molecule has 0 saturated carbocycles.